The Kier molecular flexibility index (Phi) is 4.08. The minimum Gasteiger partial charge on any atom is -0.389 e. The fraction of sp³-hybridized carbons (Fsp3) is 0.625. The predicted molar refractivity (Wildman–Crippen MR) is 75.3 cm³/mol. The Morgan fingerprint density at radius 3 is 2.33 bits per heavy atom. The lowest BCUT2D eigenvalue weighted by molar-refractivity contribution is -0.0809. The van der Waals surface area contributed by atoms with Gasteiger partial charge >= 0.3 is 0 Å². The molecule has 0 spiro atoms. The Morgan fingerprint density at radius 1 is 1.22 bits per heavy atom. The SMILES string of the molecule is CCC(O)(Cc1ccccc1)C1(CN)CCCC1. The van der Waals surface area contributed by atoms with E-state index in [1.54, 1.807) is 0 Å². The molecule has 1 unspecified atom stereocenters. The van der Waals surface area contributed by atoms with Crippen LogP contribution < -0.4 is 5.73 Å². The lowest BCUT2D eigenvalue weighted by atomic mass is 9.66. The molecule has 1 aliphatic carbocycles. The average Bonchev–Trinajstić information content (AvgIpc) is 2.90. The van der Waals surface area contributed by atoms with Gasteiger partial charge in [-0.1, -0.05) is 50.1 Å². The molecule has 100 valence electrons. The normalized spacial score (nSPS) is 21.7. The Balaban J connectivity index is 2.24. The number of rotatable bonds is 5. The second-order valence-electron chi connectivity index (χ2n) is 5.74. The second-order valence-corrected chi connectivity index (χ2v) is 5.74. The molecular formula is C16H25NO. The van der Waals surface area contributed by atoms with Gasteiger partial charge in [-0.2, -0.15) is 0 Å². The highest BCUT2D eigenvalue weighted by atomic mass is 16.3. The fourth-order valence-electron chi connectivity index (χ4n) is 3.53. The third-order valence-corrected chi connectivity index (χ3v) is 4.86. The maximum atomic E-state index is 11.1. The summed E-state index contributed by atoms with van der Waals surface area (Å²) in [7, 11) is 0. The van der Waals surface area contributed by atoms with E-state index in [2.05, 4.69) is 19.1 Å². The third kappa shape index (κ3) is 2.32. The molecule has 0 heterocycles. The van der Waals surface area contributed by atoms with Crippen LogP contribution in [0.3, 0.4) is 0 Å². The largest absolute Gasteiger partial charge is 0.389 e. The summed E-state index contributed by atoms with van der Waals surface area (Å²) in [6.45, 7) is 2.68. The van der Waals surface area contributed by atoms with Crippen LogP contribution in [0, 0.1) is 5.41 Å². The maximum Gasteiger partial charge on any atom is 0.0753 e. The summed E-state index contributed by atoms with van der Waals surface area (Å²) in [5, 5.41) is 11.1. The van der Waals surface area contributed by atoms with Crippen LogP contribution in [0.1, 0.15) is 44.6 Å². The molecular weight excluding hydrogens is 222 g/mol. The van der Waals surface area contributed by atoms with Gasteiger partial charge in [0.1, 0.15) is 0 Å². The van der Waals surface area contributed by atoms with Crippen molar-refractivity contribution < 1.29 is 5.11 Å². The van der Waals surface area contributed by atoms with Crippen molar-refractivity contribution >= 4 is 0 Å². The second kappa shape index (κ2) is 5.41. The van der Waals surface area contributed by atoms with Crippen molar-refractivity contribution in [2.45, 2.75) is 51.0 Å². The highest BCUT2D eigenvalue weighted by Gasteiger charge is 2.49. The number of nitrogens with two attached hydrogens (primary N) is 1. The molecule has 0 bridgehead atoms. The molecule has 0 aliphatic heterocycles. The van der Waals surface area contributed by atoms with E-state index in [9.17, 15) is 5.11 Å². The Labute approximate surface area is 110 Å². The first-order chi connectivity index (χ1) is 8.66. The van der Waals surface area contributed by atoms with Gasteiger partial charge in [0.15, 0.2) is 0 Å². The minimum absolute atomic E-state index is 0.0718. The molecule has 0 amide bonds. The van der Waals surface area contributed by atoms with Crippen LogP contribution in [0.5, 0.6) is 0 Å². The Bertz CT molecular complexity index is 370. The monoisotopic (exact) mass is 247 g/mol. The van der Waals surface area contributed by atoms with E-state index < -0.39 is 5.60 Å². The smallest absolute Gasteiger partial charge is 0.0753 e. The van der Waals surface area contributed by atoms with Crippen LogP contribution in [0.15, 0.2) is 30.3 Å². The fourth-order valence-corrected chi connectivity index (χ4v) is 3.53. The molecule has 2 heteroatoms. The molecule has 1 aliphatic rings. The van der Waals surface area contributed by atoms with Gasteiger partial charge in [-0.15, -0.1) is 0 Å². The quantitative estimate of drug-likeness (QED) is 0.840. The van der Waals surface area contributed by atoms with Crippen LogP contribution in [-0.2, 0) is 6.42 Å². The van der Waals surface area contributed by atoms with Crippen molar-refractivity contribution in [2.24, 2.45) is 11.1 Å². The van der Waals surface area contributed by atoms with Gasteiger partial charge in [-0.3, -0.25) is 0 Å². The van der Waals surface area contributed by atoms with Gasteiger partial charge in [0.25, 0.3) is 0 Å². The van der Waals surface area contributed by atoms with Crippen LogP contribution in [0.2, 0.25) is 0 Å². The predicted octanol–water partition coefficient (Wildman–Crippen LogP) is 2.89. The lowest BCUT2D eigenvalue weighted by Crippen LogP contribution is -2.52. The van der Waals surface area contributed by atoms with Crippen LogP contribution in [-0.4, -0.2) is 17.3 Å². The molecule has 0 saturated heterocycles. The molecule has 3 N–H and O–H groups in total. The molecule has 0 aromatic heterocycles. The van der Waals surface area contributed by atoms with Crippen LogP contribution in [0.4, 0.5) is 0 Å². The van der Waals surface area contributed by atoms with E-state index in [0.29, 0.717) is 6.54 Å². The van der Waals surface area contributed by atoms with E-state index in [1.165, 1.54) is 18.4 Å². The number of aliphatic hydroxyl groups is 1. The standard InChI is InChI=1S/C16H25NO/c1-2-16(18,12-14-8-4-3-5-9-14)15(13-17)10-6-7-11-15/h3-5,8-9,18H,2,6-7,10-13,17H2,1H3. The Morgan fingerprint density at radius 2 is 1.83 bits per heavy atom. The van der Waals surface area contributed by atoms with Gasteiger partial charge < -0.3 is 10.8 Å². The first kappa shape index (κ1) is 13.6. The molecule has 2 rings (SSSR count). The van der Waals surface area contributed by atoms with E-state index in [-0.39, 0.29) is 5.41 Å². The summed E-state index contributed by atoms with van der Waals surface area (Å²) in [6.07, 6.45) is 6.05. The van der Waals surface area contributed by atoms with Crippen LogP contribution >= 0.6 is 0 Å². The first-order valence-electron chi connectivity index (χ1n) is 7.12. The number of hydrogen-bond donors (Lipinski definition) is 2. The molecule has 1 fully saturated rings. The first-order valence-corrected chi connectivity index (χ1v) is 7.12. The zero-order valence-corrected chi connectivity index (χ0v) is 11.4. The molecule has 1 aromatic rings. The Hall–Kier alpha value is -0.860. The van der Waals surface area contributed by atoms with Gasteiger partial charge in [0.05, 0.1) is 5.60 Å². The summed E-state index contributed by atoms with van der Waals surface area (Å²) < 4.78 is 0. The van der Waals surface area contributed by atoms with Crippen molar-refractivity contribution in [3.05, 3.63) is 35.9 Å². The lowest BCUT2D eigenvalue weighted by Gasteiger charge is -2.44. The van der Waals surface area contributed by atoms with Crippen molar-refractivity contribution in [1.29, 1.82) is 0 Å². The summed E-state index contributed by atoms with van der Waals surface area (Å²) in [4.78, 5) is 0. The molecule has 18 heavy (non-hydrogen) atoms. The van der Waals surface area contributed by atoms with Crippen LogP contribution in [0.25, 0.3) is 0 Å². The molecule has 1 atom stereocenters. The summed E-state index contributed by atoms with van der Waals surface area (Å²) in [6, 6.07) is 10.3. The molecule has 0 radical (unpaired) electrons. The minimum atomic E-state index is -0.653. The zero-order chi connectivity index (χ0) is 13.1. The van der Waals surface area contributed by atoms with Crippen molar-refractivity contribution in [2.75, 3.05) is 6.54 Å². The highest BCUT2D eigenvalue weighted by molar-refractivity contribution is 5.19. The molecule has 1 aromatic carbocycles. The third-order valence-electron chi connectivity index (χ3n) is 4.86. The van der Waals surface area contributed by atoms with Crippen molar-refractivity contribution in [3.8, 4) is 0 Å². The van der Waals surface area contributed by atoms with E-state index in [0.717, 1.165) is 25.7 Å². The summed E-state index contributed by atoms with van der Waals surface area (Å²) in [5.74, 6) is 0. The van der Waals surface area contributed by atoms with Gasteiger partial charge in [-0.05, 0) is 24.8 Å². The highest BCUT2D eigenvalue weighted by Crippen LogP contribution is 2.48. The summed E-state index contributed by atoms with van der Waals surface area (Å²) >= 11 is 0. The van der Waals surface area contributed by atoms with E-state index >= 15 is 0 Å². The molecule has 1 saturated carbocycles. The molecule has 2 nitrogen and oxygen atoms in total. The maximum absolute atomic E-state index is 11.1. The number of hydrogen-bond acceptors (Lipinski definition) is 2. The van der Waals surface area contributed by atoms with E-state index in [4.69, 9.17) is 5.73 Å². The summed E-state index contributed by atoms with van der Waals surface area (Å²) in [5.41, 5.74) is 6.51. The topological polar surface area (TPSA) is 46.2 Å². The zero-order valence-electron chi connectivity index (χ0n) is 11.4. The van der Waals surface area contributed by atoms with Crippen molar-refractivity contribution in [3.63, 3.8) is 0 Å². The van der Waals surface area contributed by atoms with Crippen molar-refractivity contribution in [1.82, 2.24) is 0 Å². The van der Waals surface area contributed by atoms with E-state index in [1.807, 2.05) is 18.2 Å². The number of benzene rings is 1. The van der Waals surface area contributed by atoms with Gasteiger partial charge in [0, 0.05) is 18.4 Å². The average molecular weight is 247 g/mol. The van der Waals surface area contributed by atoms with Gasteiger partial charge in [0.2, 0.25) is 0 Å². The van der Waals surface area contributed by atoms with Gasteiger partial charge in [-0.25, -0.2) is 0 Å².